The fourth-order valence-electron chi connectivity index (χ4n) is 6.64. The van der Waals surface area contributed by atoms with E-state index >= 15 is 4.39 Å². The summed E-state index contributed by atoms with van der Waals surface area (Å²) in [5, 5.41) is 12.3. The summed E-state index contributed by atoms with van der Waals surface area (Å²) in [7, 11) is 1.23. The number of carbonyl (C=O) groups excluding carboxylic acids is 1. The summed E-state index contributed by atoms with van der Waals surface area (Å²) in [5.74, 6) is -3.67. The van der Waals surface area contributed by atoms with Crippen LogP contribution in [0.4, 0.5) is 36.4 Å². The number of rotatable bonds is 7. The van der Waals surface area contributed by atoms with E-state index in [9.17, 15) is 45.8 Å². The van der Waals surface area contributed by atoms with Crippen molar-refractivity contribution in [2.45, 2.75) is 64.0 Å². The minimum atomic E-state index is -4.70. The van der Waals surface area contributed by atoms with Gasteiger partial charge in [0.25, 0.3) is 11.5 Å². The van der Waals surface area contributed by atoms with Crippen LogP contribution in [-0.2, 0) is 42.0 Å². The number of carbonyl (C=O) groups is 2. The van der Waals surface area contributed by atoms with Crippen molar-refractivity contribution in [1.82, 2.24) is 9.88 Å². The number of pyridine rings is 1. The van der Waals surface area contributed by atoms with Crippen molar-refractivity contribution in [2.75, 3.05) is 24.7 Å². The van der Waals surface area contributed by atoms with Gasteiger partial charge in [-0.25, -0.2) is 9.18 Å². The maximum absolute atomic E-state index is 15.4. The van der Waals surface area contributed by atoms with E-state index in [2.05, 4.69) is 5.32 Å². The number of hydrogen-bond donors (Lipinski definition) is 2. The van der Waals surface area contributed by atoms with Gasteiger partial charge in [0.1, 0.15) is 17.9 Å². The van der Waals surface area contributed by atoms with Crippen LogP contribution in [0.5, 0.6) is 0 Å². The third-order valence-corrected chi connectivity index (χ3v) is 8.96. The molecule has 1 aromatic heterocycles. The van der Waals surface area contributed by atoms with E-state index in [4.69, 9.17) is 4.74 Å². The Morgan fingerprint density at radius 1 is 1.08 bits per heavy atom. The van der Waals surface area contributed by atoms with Crippen LogP contribution >= 0.6 is 0 Å². The molecule has 2 atom stereocenters. The summed E-state index contributed by atoms with van der Waals surface area (Å²) >= 11 is 0. The lowest BCUT2D eigenvalue weighted by Crippen LogP contribution is -2.53. The van der Waals surface area contributed by atoms with Gasteiger partial charge in [-0.2, -0.15) is 26.3 Å². The zero-order chi connectivity index (χ0) is 35.3. The number of aryl methyl sites for hydroxylation is 2. The van der Waals surface area contributed by atoms with E-state index in [1.54, 1.807) is 0 Å². The molecule has 2 N–H and O–H groups in total. The SMILES string of the molecule is Cc1cc(N2CCOC[C@@H]2C(F)(F)F)cc(F)c1C(=O)N[C@@H](Cc1ccc(-c2c(C)c(C(F)(F)F)cn(C)c2=O)c2c1CCC2)C(=O)O. The zero-order valence-corrected chi connectivity index (χ0v) is 26.1. The highest BCUT2D eigenvalue weighted by Crippen LogP contribution is 2.39. The lowest BCUT2D eigenvalue weighted by atomic mass is 9.89. The van der Waals surface area contributed by atoms with Gasteiger partial charge in [-0.05, 0) is 78.6 Å². The van der Waals surface area contributed by atoms with E-state index < -0.39 is 65.4 Å². The van der Waals surface area contributed by atoms with Crippen molar-refractivity contribution in [3.8, 4) is 11.1 Å². The number of halogens is 7. The molecule has 1 fully saturated rings. The number of hydrogen-bond acceptors (Lipinski definition) is 5. The first kappa shape index (κ1) is 34.9. The Labute approximate surface area is 270 Å². The fourth-order valence-corrected chi connectivity index (χ4v) is 6.64. The number of anilines is 1. The monoisotopic (exact) mass is 683 g/mol. The molecule has 8 nitrogen and oxygen atoms in total. The van der Waals surface area contributed by atoms with Crippen LogP contribution in [0.1, 0.15) is 50.2 Å². The summed E-state index contributed by atoms with van der Waals surface area (Å²) in [6, 6.07) is 1.43. The molecule has 0 spiro atoms. The number of amides is 1. The van der Waals surface area contributed by atoms with E-state index in [1.807, 2.05) is 0 Å². The molecule has 2 aliphatic rings. The molecular weight excluding hydrogens is 651 g/mol. The summed E-state index contributed by atoms with van der Waals surface area (Å²) < 4.78 is 103. The normalized spacial score (nSPS) is 17.3. The van der Waals surface area contributed by atoms with Crippen LogP contribution < -0.4 is 15.8 Å². The number of aliphatic carboxylic acids is 1. The van der Waals surface area contributed by atoms with E-state index in [0.29, 0.717) is 41.5 Å². The van der Waals surface area contributed by atoms with Crippen LogP contribution in [0.3, 0.4) is 0 Å². The number of aromatic nitrogens is 1. The van der Waals surface area contributed by atoms with Crippen LogP contribution in [0, 0.1) is 19.7 Å². The van der Waals surface area contributed by atoms with Crippen molar-refractivity contribution in [3.63, 3.8) is 0 Å². The minimum Gasteiger partial charge on any atom is -0.480 e. The van der Waals surface area contributed by atoms with Gasteiger partial charge in [0.05, 0.1) is 29.9 Å². The number of carboxylic acids is 1. The smallest absolute Gasteiger partial charge is 0.418 e. The molecule has 2 aromatic carbocycles. The van der Waals surface area contributed by atoms with Crippen molar-refractivity contribution >= 4 is 17.6 Å². The second kappa shape index (κ2) is 12.9. The lowest BCUT2D eigenvalue weighted by molar-refractivity contribution is -0.167. The number of carboxylic acid groups (broad SMARTS) is 1. The number of morpholine rings is 1. The van der Waals surface area contributed by atoms with Crippen molar-refractivity contribution < 1.29 is 50.2 Å². The lowest BCUT2D eigenvalue weighted by Gasteiger charge is -2.38. The second-order valence-corrected chi connectivity index (χ2v) is 12.1. The molecule has 1 aliphatic heterocycles. The fraction of sp³-hybridized carbons (Fsp3) is 0.424. The maximum Gasteiger partial charge on any atom is 0.418 e. The molecule has 15 heteroatoms. The first-order valence-corrected chi connectivity index (χ1v) is 15.1. The van der Waals surface area contributed by atoms with Gasteiger partial charge in [-0.1, -0.05) is 12.1 Å². The minimum absolute atomic E-state index is 0.0117. The Kier molecular flexibility index (Phi) is 9.38. The van der Waals surface area contributed by atoms with Gasteiger partial charge >= 0.3 is 18.3 Å². The van der Waals surface area contributed by atoms with Crippen LogP contribution in [0.2, 0.25) is 0 Å². The Bertz CT molecular complexity index is 1810. The molecule has 48 heavy (non-hydrogen) atoms. The molecule has 1 saturated heterocycles. The molecule has 0 unspecified atom stereocenters. The summed E-state index contributed by atoms with van der Waals surface area (Å²) in [6.07, 6.45) is -7.40. The van der Waals surface area contributed by atoms with Gasteiger partial charge in [0.2, 0.25) is 0 Å². The number of nitrogens with zero attached hydrogens (tertiary/aromatic N) is 2. The first-order valence-electron chi connectivity index (χ1n) is 15.1. The van der Waals surface area contributed by atoms with Crippen molar-refractivity contribution in [3.05, 3.63) is 85.6 Å². The number of benzene rings is 2. The average molecular weight is 684 g/mol. The van der Waals surface area contributed by atoms with E-state index in [1.165, 1.54) is 39.1 Å². The average Bonchev–Trinajstić information content (AvgIpc) is 3.49. The Balaban J connectivity index is 1.44. The summed E-state index contributed by atoms with van der Waals surface area (Å²) in [4.78, 5) is 39.6. The Hall–Kier alpha value is -4.40. The van der Waals surface area contributed by atoms with Crippen LogP contribution in [0.25, 0.3) is 11.1 Å². The number of fused-ring (bicyclic) bond motifs is 1. The molecule has 0 saturated carbocycles. The van der Waals surface area contributed by atoms with Gasteiger partial charge in [-0.3, -0.25) is 9.59 Å². The number of ether oxygens (including phenoxy) is 1. The highest BCUT2D eigenvalue weighted by atomic mass is 19.4. The largest absolute Gasteiger partial charge is 0.480 e. The van der Waals surface area contributed by atoms with Gasteiger partial charge in [-0.15, -0.1) is 0 Å². The molecular formula is C33H32F7N3O5. The van der Waals surface area contributed by atoms with Crippen LogP contribution in [-0.4, -0.2) is 59.6 Å². The van der Waals surface area contributed by atoms with Crippen molar-refractivity contribution in [1.29, 1.82) is 0 Å². The van der Waals surface area contributed by atoms with Gasteiger partial charge < -0.3 is 24.6 Å². The maximum atomic E-state index is 15.4. The quantitative estimate of drug-likeness (QED) is 0.319. The first-order chi connectivity index (χ1) is 22.4. The Morgan fingerprint density at radius 2 is 1.77 bits per heavy atom. The molecule has 258 valence electrons. The number of nitrogens with one attached hydrogen (secondary N) is 1. The zero-order valence-electron chi connectivity index (χ0n) is 26.1. The molecule has 0 bridgehead atoms. The highest BCUT2D eigenvalue weighted by Gasteiger charge is 2.46. The predicted molar refractivity (Wildman–Crippen MR) is 161 cm³/mol. The molecule has 1 aliphatic carbocycles. The predicted octanol–water partition coefficient (Wildman–Crippen LogP) is 5.51. The molecule has 3 aromatic rings. The summed E-state index contributed by atoms with van der Waals surface area (Å²) in [6.45, 7) is 1.73. The molecule has 0 radical (unpaired) electrons. The van der Waals surface area contributed by atoms with Crippen LogP contribution in [0.15, 0.2) is 35.3 Å². The second-order valence-electron chi connectivity index (χ2n) is 12.1. The Morgan fingerprint density at radius 3 is 2.40 bits per heavy atom. The molecule has 2 heterocycles. The third-order valence-electron chi connectivity index (χ3n) is 8.96. The van der Waals surface area contributed by atoms with E-state index in [-0.39, 0.29) is 42.0 Å². The molecule has 5 rings (SSSR count). The summed E-state index contributed by atoms with van der Waals surface area (Å²) in [5.41, 5.74) is -0.487. The van der Waals surface area contributed by atoms with E-state index in [0.717, 1.165) is 21.7 Å². The number of alkyl halides is 6. The molecule has 1 amide bonds. The van der Waals surface area contributed by atoms with Crippen molar-refractivity contribution in [2.24, 2.45) is 7.05 Å². The van der Waals surface area contributed by atoms with Gasteiger partial charge in [0.15, 0.2) is 0 Å². The highest BCUT2D eigenvalue weighted by molar-refractivity contribution is 5.98. The topological polar surface area (TPSA) is 101 Å². The third kappa shape index (κ3) is 6.64. The van der Waals surface area contributed by atoms with Gasteiger partial charge in [0, 0.05) is 31.9 Å². The standard InChI is InChI=1S/C33H32F7N3O5/c1-16-11-19(43-9-10-48-15-26(43)33(38,39)40)13-24(34)27(16)29(44)41-25(31(46)47)12-18-7-8-22(21-6-4-5-20(18)21)28-17(2)23(32(35,36)37)14-42(3)30(28)45/h7-8,11,13-14,25-26H,4-6,9-10,12,15H2,1-3H3,(H,41,44)(H,46,47)/t25-,26+/m0/s1.